The first kappa shape index (κ1) is 13.6. The molecule has 1 amide bonds. The van der Waals surface area contributed by atoms with E-state index in [-0.39, 0.29) is 11.4 Å². The summed E-state index contributed by atoms with van der Waals surface area (Å²) in [6, 6.07) is 1.82. The minimum atomic E-state index is -0.145. The molecule has 94 valence electrons. The molecule has 2 N–H and O–H groups in total. The maximum atomic E-state index is 11.6. The predicted molar refractivity (Wildman–Crippen MR) is 66.3 cm³/mol. The fourth-order valence-electron chi connectivity index (χ4n) is 1.24. The Bertz CT molecular complexity index is 351. The fourth-order valence-corrected chi connectivity index (χ4v) is 1.24. The molecule has 0 aromatic carbocycles. The Morgan fingerprint density at radius 2 is 2.24 bits per heavy atom. The normalized spacial score (nSPS) is 11.2. The van der Waals surface area contributed by atoms with E-state index in [2.05, 4.69) is 27.5 Å². The van der Waals surface area contributed by atoms with Crippen molar-refractivity contribution < 1.29 is 4.79 Å². The lowest BCUT2D eigenvalue weighted by Crippen LogP contribution is -2.46. The van der Waals surface area contributed by atoms with Crippen LogP contribution in [0, 0.1) is 0 Å². The number of aromatic nitrogens is 2. The summed E-state index contributed by atoms with van der Waals surface area (Å²) in [5, 5.41) is 6.00. The number of carbonyl (C=O) groups excluding carboxylic acids is 1. The quantitative estimate of drug-likeness (QED) is 0.769. The molecule has 1 heterocycles. The lowest BCUT2D eigenvalue weighted by Gasteiger charge is -2.24. The molecule has 5 heteroatoms. The van der Waals surface area contributed by atoms with Gasteiger partial charge in [-0.1, -0.05) is 6.92 Å². The van der Waals surface area contributed by atoms with Crippen LogP contribution in [0.1, 0.15) is 32.9 Å². The number of nitrogens with one attached hydrogen (secondary N) is 2. The van der Waals surface area contributed by atoms with Gasteiger partial charge < -0.3 is 10.6 Å². The Hall–Kier alpha value is -1.49. The van der Waals surface area contributed by atoms with E-state index in [1.165, 1.54) is 6.33 Å². The number of rotatable bonds is 6. The van der Waals surface area contributed by atoms with Crippen molar-refractivity contribution in [3.05, 3.63) is 24.3 Å². The van der Waals surface area contributed by atoms with Crippen LogP contribution in [-0.4, -0.2) is 28.0 Å². The highest BCUT2D eigenvalue weighted by Crippen LogP contribution is 2.05. The van der Waals surface area contributed by atoms with Crippen LogP contribution in [0.4, 0.5) is 0 Å². The first-order valence-electron chi connectivity index (χ1n) is 5.80. The second kappa shape index (κ2) is 6.30. The molecule has 0 radical (unpaired) electrons. The van der Waals surface area contributed by atoms with E-state index in [9.17, 15) is 4.79 Å². The van der Waals surface area contributed by atoms with Crippen molar-refractivity contribution in [2.75, 3.05) is 6.54 Å². The van der Waals surface area contributed by atoms with Gasteiger partial charge in [0.1, 0.15) is 6.33 Å². The summed E-state index contributed by atoms with van der Waals surface area (Å²) >= 11 is 0. The largest absolute Gasteiger partial charge is 0.350 e. The van der Waals surface area contributed by atoms with E-state index >= 15 is 0 Å². The minimum absolute atomic E-state index is 0.00547. The monoisotopic (exact) mass is 236 g/mol. The summed E-state index contributed by atoms with van der Waals surface area (Å²) in [4.78, 5) is 19.5. The molecule has 0 fully saturated rings. The van der Waals surface area contributed by atoms with Gasteiger partial charge in [-0.25, -0.2) is 9.97 Å². The zero-order chi connectivity index (χ0) is 12.7. The van der Waals surface area contributed by atoms with Crippen LogP contribution in [0.3, 0.4) is 0 Å². The molecule has 0 aliphatic heterocycles. The Morgan fingerprint density at radius 3 is 2.82 bits per heavy atom. The summed E-state index contributed by atoms with van der Waals surface area (Å²) in [5.41, 5.74) is 0.732. The second-order valence-electron chi connectivity index (χ2n) is 4.59. The molecule has 1 aromatic rings. The summed E-state index contributed by atoms with van der Waals surface area (Å²) in [6.07, 6.45) is 4.09. The summed E-state index contributed by atoms with van der Waals surface area (Å²) in [5.74, 6) is 0.00547. The van der Waals surface area contributed by atoms with E-state index < -0.39 is 0 Å². The molecule has 0 aliphatic rings. The Labute approximate surface area is 102 Å². The Kier molecular flexibility index (Phi) is 5.03. The van der Waals surface area contributed by atoms with Gasteiger partial charge in [0.15, 0.2) is 0 Å². The van der Waals surface area contributed by atoms with Crippen molar-refractivity contribution in [2.45, 2.75) is 39.3 Å². The van der Waals surface area contributed by atoms with Gasteiger partial charge in [-0.3, -0.25) is 4.79 Å². The first-order valence-corrected chi connectivity index (χ1v) is 5.80. The molecule has 17 heavy (non-hydrogen) atoms. The van der Waals surface area contributed by atoms with Crippen molar-refractivity contribution in [3.8, 4) is 0 Å². The topological polar surface area (TPSA) is 66.9 Å². The van der Waals surface area contributed by atoms with Crippen LogP contribution in [0.5, 0.6) is 0 Å². The van der Waals surface area contributed by atoms with Gasteiger partial charge in [0.2, 0.25) is 5.91 Å². The van der Waals surface area contributed by atoms with Gasteiger partial charge in [-0.2, -0.15) is 0 Å². The summed E-state index contributed by atoms with van der Waals surface area (Å²) < 4.78 is 0. The molecule has 0 bridgehead atoms. The van der Waals surface area contributed by atoms with Gasteiger partial charge in [0.25, 0.3) is 0 Å². The number of hydrogen-bond acceptors (Lipinski definition) is 4. The average molecular weight is 236 g/mol. The smallest absolute Gasteiger partial charge is 0.234 e. The highest BCUT2D eigenvalue weighted by atomic mass is 16.2. The molecule has 0 unspecified atom stereocenters. The Balaban J connectivity index is 2.25. The predicted octanol–water partition coefficient (Wildman–Crippen LogP) is 0.871. The van der Waals surface area contributed by atoms with Gasteiger partial charge >= 0.3 is 0 Å². The molecule has 1 rings (SSSR count). The van der Waals surface area contributed by atoms with Gasteiger partial charge in [0.05, 0.1) is 12.2 Å². The van der Waals surface area contributed by atoms with Crippen LogP contribution >= 0.6 is 0 Å². The van der Waals surface area contributed by atoms with Gasteiger partial charge in [-0.15, -0.1) is 0 Å². The molecule has 0 aliphatic carbocycles. The second-order valence-corrected chi connectivity index (χ2v) is 4.59. The van der Waals surface area contributed by atoms with Crippen LogP contribution in [0.2, 0.25) is 0 Å². The van der Waals surface area contributed by atoms with Gasteiger partial charge in [0, 0.05) is 18.3 Å². The summed E-state index contributed by atoms with van der Waals surface area (Å²) in [7, 11) is 0. The third kappa shape index (κ3) is 5.40. The molecular formula is C12H20N4O. The third-order valence-corrected chi connectivity index (χ3v) is 2.60. The molecule has 0 atom stereocenters. The number of hydrogen-bond donors (Lipinski definition) is 2. The number of amides is 1. The molecule has 5 nitrogen and oxygen atoms in total. The SMILES string of the molecule is CCC(C)(C)NC(=O)CNCc1ccncn1. The molecule has 0 saturated heterocycles. The van der Waals surface area contributed by atoms with Crippen molar-refractivity contribution in [2.24, 2.45) is 0 Å². The standard InChI is InChI=1S/C12H20N4O/c1-4-12(2,3)16-11(17)8-14-7-10-5-6-13-9-15-10/h5-6,9,14H,4,7-8H2,1-3H3,(H,16,17). The van der Waals surface area contributed by atoms with Crippen LogP contribution in [-0.2, 0) is 11.3 Å². The Morgan fingerprint density at radius 1 is 1.47 bits per heavy atom. The highest BCUT2D eigenvalue weighted by molar-refractivity contribution is 5.78. The lowest BCUT2D eigenvalue weighted by atomic mass is 10.0. The fraction of sp³-hybridized carbons (Fsp3) is 0.583. The zero-order valence-electron chi connectivity index (χ0n) is 10.7. The van der Waals surface area contributed by atoms with Crippen LogP contribution < -0.4 is 10.6 Å². The maximum absolute atomic E-state index is 11.6. The highest BCUT2D eigenvalue weighted by Gasteiger charge is 2.16. The van der Waals surface area contributed by atoms with E-state index in [0.717, 1.165) is 12.1 Å². The van der Waals surface area contributed by atoms with Crippen LogP contribution in [0.15, 0.2) is 18.6 Å². The van der Waals surface area contributed by atoms with Crippen molar-refractivity contribution in [3.63, 3.8) is 0 Å². The van der Waals surface area contributed by atoms with E-state index in [0.29, 0.717) is 13.1 Å². The van der Waals surface area contributed by atoms with E-state index in [1.54, 1.807) is 6.20 Å². The third-order valence-electron chi connectivity index (χ3n) is 2.60. The average Bonchev–Trinajstić information content (AvgIpc) is 2.30. The van der Waals surface area contributed by atoms with E-state index in [1.807, 2.05) is 19.9 Å². The van der Waals surface area contributed by atoms with Crippen LogP contribution in [0.25, 0.3) is 0 Å². The van der Waals surface area contributed by atoms with Crippen molar-refractivity contribution in [1.82, 2.24) is 20.6 Å². The molecule has 0 spiro atoms. The molecule has 0 saturated carbocycles. The van der Waals surface area contributed by atoms with Gasteiger partial charge in [-0.05, 0) is 26.3 Å². The van der Waals surface area contributed by atoms with E-state index in [4.69, 9.17) is 0 Å². The lowest BCUT2D eigenvalue weighted by molar-refractivity contribution is -0.121. The number of nitrogens with zero attached hydrogens (tertiary/aromatic N) is 2. The van der Waals surface area contributed by atoms with Crippen molar-refractivity contribution in [1.29, 1.82) is 0 Å². The van der Waals surface area contributed by atoms with Crippen molar-refractivity contribution >= 4 is 5.91 Å². The first-order chi connectivity index (χ1) is 8.03. The molecule has 1 aromatic heterocycles. The summed E-state index contributed by atoms with van der Waals surface area (Å²) in [6.45, 7) is 6.94. The number of carbonyl (C=O) groups is 1. The zero-order valence-corrected chi connectivity index (χ0v) is 10.7. The molecular weight excluding hydrogens is 216 g/mol. The maximum Gasteiger partial charge on any atom is 0.234 e. The minimum Gasteiger partial charge on any atom is -0.350 e.